The molecule has 1 atom stereocenters. The Bertz CT molecular complexity index is 540. The molecule has 6 nitrogen and oxygen atoms in total. The molecule has 0 fully saturated rings. The van der Waals surface area contributed by atoms with Gasteiger partial charge in [0.2, 0.25) is 0 Å². The molecule has 0 saturated heterocycles. The Morgan fingerprint density at radius 3 is 2.35 bits per heavy atom. The largest absolute Gasteiger partial charge is 0.494 e. The van der Waals surface area contributed by atoms with Crippen LogP contribution in [0.15, 0.2) is 36.4 Å². The van der Waals surface area contributed by atoms with E-state index in [0.29, 0.717) is 24.3 Å². The fourth-order valence-corrected chi connectivity index (χ4v) is 1.88. The maximum Gasteiger partial charge on any atom is 0.325 e. The standard InChI is InChI=1S/C17H24N2O4/c1-5-22-14-9-7-13(8-10-14)16(20)19-18-15(11-12(3)4)17(21)23-6-2/h7-10,15,18H,3,5-6,11H2,1-2,4H3,(H,19,20)/t15-/m1/s1. The first-order valence-electron chi connectivity index (χ1n) is 7.57. The normalized spacial score (nSPS) is 11.4. The van der Waals surface area contributed by atoms with Gasteiger partial charge < -0.3 is 9.47 Å². The molecule has 0 heterocycles. The zero-order chi connectivity index (χ0) is 17.2. The zero-order valence-electron chi connectivity index (χ0n) is 13.8. The van der Waals surface area contributed by atoms with Crippen LogP contribution in [0.5, 0.6) is 5.75 Å². The summed E-state index contributed by atoms with van der Waals surface area (Å²) >= 11 is 0. The van der Waals surface area contributed by atoms with Crippen LogP contribution in [0.4, 0.5) is 0 Å². The summed E-state index contributed by atoms with van der Waals surface area (Å²) in [5, 5.41) is 0. The van der Waals surface area contributed by atoms with Crippen LogP contribution in [-0.4, -0.2) is 31.1 Å². The number of esters is 1. The van der Waals surface area contributed by atoms with Crippen molar-refractivity contribution in [1.29, 1.82) is 0 Å². The van der Waals surface area contributed by atoms with Gasteiger partial charge in [-0.3, -0.25) is 15.0 Å². The minimum absolute atomic E-state index is 0.278. The van der Waals surface area contributed by atoms with Crippen LogP contribution in [0.1, 0.15) is 37.6 Å². The molecule has 2 N–H and O–H groups in total. The molecule has 0 saturated carbocycles. The highest BCUT2D eigenvalue weighted by Gasteiger charge is 2.20. The van der Waals surface area contributed by atoms with Gasteiger partial charge >= 0.3 is 5.97 Å². The van der Waals surface area contributed by atoms with Gasteiger partial charge in [0, 0.05) is 5.56 Å². The number of nitrogens with one attached hydrogen (secondary N) is 2. The van der Waals surface area contributed by atoms with Crippen molar-refractivity contribution in [2.24, 2.45) is 0 Å². The van der Waals surface area contributed by atoms with Crippen molar-refractivity contribution in [2.45, 2.75) is 33.2 Å². The molecule has 1 amide bonds. The van der Waals surface area contributed by atoms with Gasteiger partial charge in [-0.15, -0.1) is 6.58 Å². The molecule has 126 valence electrons. The fourth-order valence-electron chi connectivity index (χ4n) is 1.88. The van der Waals surface area contributed by atoms with Gasteiger partial charge in [-0.05, 0) is 51.5 Å². The average Bonchev–Trinajstić information content (AvgIpc) is 2.52. The molecule has 1 aromatic carbocycles. The number of rotatable bonds is 9. The summed E-state index contributed by atoms with van der Waals surface area (Å²) in [6.07, 6.45) is 0.377. The van der Waals surface area contributed by atoms with E-state index in [2.05, 4.69) is 17.4 Å². The molecule has 0 radical (unpaired) electrons. The summed E-state index contributed by atoms with van der Waals surface area (Å²) in [5.74, 6) is -0.0738. The number of hydrogen-bond acceptors (Lipinski definition) is 5. The van der Waals surface area contributed by atoms with Crippen LogP contribution < -0.4 is 15.6 Å². The molecule has 0 unspecified atom stereocenters. The van der Waals surface area contributed by atoms with Crippen LogP contribution in [0.3, 0.4) is 0 Å². The molecule has 0 aromatic heterocycles. The molecule has 23 heavy (non-hydrogen) atoms. The Morgan fingerprint density at radius 1 is 1.17 bits per heavy atom. The van der Waals surface area contributed by atoms with Gasteiger partial charge in [0.25, 0.3) is 5.91 Å². The molecule has 0 bridgehead atoms. The van der Waals surface area contributed by atoms with Crippen molar-refractivity contribution >= 4 is 11.9 Å². The number of hydrazine groups is 1. The number of hydrogen-bond donors (Lipinski definition) is 2. The van der Waals surface area contributed by atoms with Crippen LogP contribution in [0.2, 0.25) is 0 Å². The Hall–Kier alpha value is -2.34. The molecule has 1 rings (SSSR count). The number of benzene rings is 1. The van der Waals surface area contributed by atoms with Crippen molar-refractivity contribution in [3.05, 3.63) is 42.0 Å². The summed E-state index contributed by atoms with van der Waals surface area (Å²) in [5.41, 5.74) is 6.50. The topological polar surface area (TPSA) is 76.7 Å². The van der Waals surface area contributed by atoms with Crippen LogP contribution >= 0.6 is 0 Å². The van der Waals surface area contributed by atoms with Crippen LogP contribution in [-0.2, 0) is 9.53 Å². The third kappa shape index (κ3) is 6.52. The molecule has 1 aromatic rings. The minimum Gasteiger partial charge on any atom is -0.494 e. The van der Waals surface area contributed by atoms with Crippen LogP contribution in [0, 0.1) is 0 Å². The highest BCUT2D eigenvalue weighted by atomic mass is 16.5. The van der Waals surface area contributed by atoms with Gasteiger partial charge in [-0.2, -0.15) is 0 Å². The quantitative estimate of drug-likeness (QED) is 0.414. The lowest BCUT2D eigenvalue weighted by molar-refractivity contribution is -0.145. The van der Waals surface area contributed by atoms with E-state index in [1.165, 1.54) is 0 Å². The van der Waals surface area contributed by atoms with Crippen molar-refractivity contribution in [2.75, 3.05) is 13.2 Å². The fraction of sp³-hybridized carbons (Fsp3) is 0.412. The highest BCUT2D eigenvalue weighted by molar-refractivity contribution is 5.94. The number of amides is 1. The predicted octanol–water partition coefficient (Wildman–Crippen LogP) is 2.22. The Labute approximate surface area is 136 Å². The van der Waals surface area contributed by atoms with E-state index in [4.69, 9.17) is 9.47 Å². The number of carbonyl (C=O) groups is 2. The summed E-state index contributed by atoms with van der Waals surface area (Å²) in [6.45, 7) is 10.0. The summed E-state index contributed by atoms with van der Waals surface area (Å²) in [6, 6.07) is 6.07. The Morgan fingerprint density at radius 2 is 1.83 bits per heavy atom. The van der Waals surface area contributed by atoms with E-state index >= 15 is 0 Å². The zero-order valence-corrected chi connectivity index (χ0v) is 13.8. The van der Waals surface area contributed by atoms with Gasteiger partial charge in [0.15, 0.2) is 0 Å². The van der Waals surface area contributed by atoms with E-state index in [0.717, 1.165) is 5.57 Å². The summed E-state index contributed by atoms with van der Waals surface area (Å²) in [4.78, 5) is 23.9. The molecule has 0 aliphatic rings. The number of ether oxygens (including phenoxy) is 2. The molecular formula is C17H24N2O4. The third-order valence-electron chi connectivity index (χ3n) is 2.91. The second-order valence-electron chi connectivity index (χ2n) is 5.02. The lowest BCUT2D eigenvalue weighted by Crippen LogP contribution is -2.48. The van der Waals surface area contributed by atoms with Gasteiger partial charge in [-0.25, -0.2) is 5.43 Å². The van der Waals surface area contributed by atoms with E-state index in [1.807, 2.05) is 13.8 Å². The van der Waals surface area contributed by atoms with Crippen molar-refractivity contribution < 1.29 is 19.1 Å². The second-order valence-corrected chi connectivity index (χ2v) is 5.02. The molecule has 0 aliphatic carbocycles. The molecule has 0 spiro atoms. The van der Waals surface area contributed by atoms with Crippen molar-refractivity contribution in [3.8, 4) is 5.75 Å². The van der Waals surface area contributed by atoms with E-state index in [9.17, 15) is 9.59 Å². The van der Waals surface area contributed by atoms with E-state index < -0.39 is 12.0 Å². The maximum atomic E-state index is 12.1. The second kappa shape index (κ2) is 9.63. The highest BCUT2D eigenvalue weighted by Crippen LogP contribution is 2.12. The SMILES string of the molecule is C=C(C)C[C@@H](NNC(=O)c1ccc(OCC)cc1)C(=O)OCC. The minimum atomic E-state index is -0.668. The van der Waals surface area contributed by atoms with Crippen LogP contribution in [0.25, 0.3) is 0 Å². The smallest absolute Gasteiger partial charge is 0.325 e. The first kappa shape index (κ1) is 18.7. The van der Waals surface area contributed by atoms with Crippen molar-refractivity contribution in [1.82, 2.24) is 10.9 Å². The van der Waals surface area contributed by atoms with E-state index in [1.54, 1.807) is 31.2 Å². The maximum absolute atomic E-state index is 12.1. The Balaban J connectivity index is 2.63. The Kier molecular flexibility index (Phi) is 7.83. The molecule has 6 heteroatoms. The van der Waals surface area contributed by atoms with E-state index in [-0.39, 0.29) is 12.5 Å². The number of carbonyl (C=O) groups excluding carboxylic acids is 2. The lowest BCUT2D eigenvalue weighted by Gasteiger charge is -2.18. The average molecular weight is 320 g/mol. The van der Waals surface area contributed by atoms with Crippen molar-refractivity contribution in [3.63, 3.8) is 0 Å². The first-order valence-corrected chi connectivity index (χ1v) is 7.57. The van der Waals surface area contributed by atoms with Gasteiger partial charge in [0.05, 0.1) is 13.2 Å². The first-order chi connectivity index (χ1) is 11.0. The third-order valence-corrected chi connectivity index (χ3v) is 2.91. The molecule has 0 aliphatic heterocycles. The summed E-state index contributed by atoms with van der Waals surface area (Å²) < 4.78 is 10.3. The van der Waals surface area contributed by atoms with Gasteiger partial charge in [0.1, 0.15) is 11.8 Å². The molecular weight excluding hydrogens is 296 g/mol. The summed E-state index contributed by atoms with van der Waals surface area (Å²) in [7, 11) is 0. The monoisotopic (exact) mass is 320 g/mol. The lowest BCUT2D eigenvalue weighted by atomic mass is 10.1. The predicted molar refractivity (Wildman–Crippen MR) is 88.1 cm³/mol. The van der Waals surface area contributed by atoms with Gasteiger partial charge in [-0.1, -0.05) is 5.57 Å².